The van der Waals surface area contributed by atoms with Crippen LogP contribution in [0.2, 0.25) is 0 Å². The average Bonchev–Trinajstić information content (AvgIpc) is 2.53. The molecule has 15 heavy (non-hydrogen) atoms. The molecular formula is C12H21NO2. The van der Waals surface area contributed by atoms with Gasteiger partial charge in [-0.15, -0.1) is 0 Å². The van der Waals surface area contributed by atoms with Crippen molar-refractivity contribution < 1.29 is 9.15 Å². The van der Waals surface area contributed by atoms with Gasteiger partial charge in [0.15, 0.2) is 0 Å². The van der Waals surface area contributed by atoms with Gasteiger partial charge in [-0.2, -0.15) is 0 Å². The van der Waals surface area contributed by atoms with E-state index in [1.165, 1.54) is 0 Å². The summed E-state index contributed by atoms with van der Waals surface area (Å²) in [4.78, 5) is 0. The van der Waals surface area contributed by atoms with E-state index in [0.717, 1.165) is 30.1 Å². The molecule has 0 saturated carbocycles. The molecule has 0 spiro atoms. The molecule has 0 bridgehead atoms. The molecule has 0 aromatic carbocycles. The van der Waals surface area contributed by atoms with Crippen molar-refractivity contribution in [1.29, 1.82) is 0 Å². The van der Waals surface area contributed by atoms with E-state index < -0.39 is 0 Å². The van der Waals surface area contributed by atoms with E-state index in [1.807, 2.05) is 13.0 Å². The lowest BCUT2D eigenvalue weighted by molar-refractivity contribution is 0.0962. The molecule has 86 valence electrons. The number of ether oxygens (including phenoxy) is 1. The molecule has 1 aromatic heterocycles. The molecular weight excluding hydrogens is 190 g/mol. The van der Waals surface area contributed by atoms with E-state index >= 15 is 0 Å². The molecule has 3 nitrogen and oxygen atoms in total. The van der Waals surface area contributed by atoms with Crippen LogP contribution in [-0.2, 0) is 17.9 Å². The maximum Gasteiger partial charge on any atom is 0.130 e. The van der Waals surface area contributed by atoms with E-state index in [2.05, 4.69) is 13.8 Å². The van der Waals surface area contributed by atoms with Gasteiger partial charge in [0.05, 0.1) is 6.54 Å². The zero-order valence-corrected chi connectivity index (χ0v) is 9.88. The lowest BCUT2D eigenvalue weighted by atomic mass is 10.1. The Morgan fingerprint density at radius 1 is 1.47 bits per heavy atom. The van der Waals surface area contributed by atoms with Gasteiger partial charge in [0.2, 0.25) is 0 Å². The Balaban J connectivity index is 2.31. The third-order valence-electron chi connectivity index (χ3n) is 2.34. The largest absolute Gasteiger partial charge is 0.462 e. The molecule has 1 heterocycles. The van der Waals surface area contributed by atoms with Crippen LogP contribution in [0.1, 0.15) is 37.4 Å². The Bertz CT molecular complexity index is 292. The van der Waals surface area contributed by atoms with Crippen LogP contribution in [-0.4, -0.2) is 6.61 Å². The van der Waals surface area contributed by atoms with E-state index in [4.69, 9.17) is 14.9 Å². The van der Waals surface area contributed by atoms with Crippen molar-refractivity contribution in [2.45, 2.75) is 40.3 Å². The Hall–Kier alpha value is -0.800. The summed E-state index contributed by atoms with van der Waals surface area (Å²) in [6.07, 6.45) is 1.09. The van der Waals surface area contributed by atoms with Gasteiger partial charge in [0.1, 0.15) is 18.1 Å². The molecule has 0 aliphatic rings. The van der Waals surface area contributed by atoms with Crippen LogP contribution in [0.5, 0.6) is 0 Å². The molecule has 0 atom stereocenters. The molecule has 1 rings (SSSR count). The van der Waals surface area contributed by atoms with Crippen LogP contribution in [0, 0.1) is 12.8 Å². The van der Waals surface area contributed by atoms with Gasteiger partial charge in [-0.25, -0.2) is 0 Å². The monoisotopic (exact) mass is 211 g/mol. The summed E-state index contributed by atoms with van der Waals surface area (Å²) >= 11 is 0. The first kappa shape index (κ1) is 12.3. The number of furan rings is 1. The Labute approximate surface area is 91.6 Å². The number of nitrogens with two attached hydrogens (primary N) is 1. The topological polar surface area (TPSA) is 48.4 Å². The van der Waals surface area contributed by atoms with E-state index in [9.17, 15) is 0 Å². The molecule has 0 unspecified atom stereocenters. The molecule has 3 heteroatoms. The van der Waals surface area contributed by atoms with Crippen LogP contribution in [0.15, 0.2) is 10.5 Å². The normalized spacial score (nSPS) is 11.3. The smallest absolute Gasteiger partial charge is 0.130 e. The van der Waals surface area contributed by atoms with Crippen LogP contribution in [0.25, 0.3) is 0 Å². The number of rotatable bonds is 6. The number of hydrogen-bond donors (Lipinski definition) is 1. The Morgan fingerprint density at radius 2 is 2.20 bits per heavy atom. The zero-order valence-electron chi connectivity index (χ0n) is 9.88. The lowest BCUT2D eigenvalue weighted by Crippen LogP contribution is -1.98. The van der Waals surface area contributed by atoms with Crippen LogP contribution >= 0.6 is 0 Å². The van der Waals surface area contributed by atoms with Gasteiger partial charge in [0.25, 0.3) is 0 Å². The van der Waals surface area contributed by atoms with Gasteiger partial charge in [-0.3, -0.25) is 0 Å². The van der Waals surface area contributed by atoms with Crippen molar-refractivity contribution in [1.82, 2.24) is 0 Å². The molecule has 0 saturated heterocycles. The summed E-state index contributed by atoms with van der Waals surface area (Å²) < 4.78 is 11.0. The molecule has 1 aromatic rings. The van der Waals surface area contributed by atoms with Crippen molar-refractivity contribution in [3.63, 3.8) is 0 Å². The van der Waals surface area contributed by atoms with Crippen molar-refractivity contribution in [3.05, 3.63) is 23.2 Å². The van der Waals surface area contributed by atoms with Crippen molar-refractivity contribution in [2.24, 2.45) is 11.7 Å². The highest BCUT2D eigenvalue weighted by atomic mass is 16.5. The van der Waals surface area contributed by atoms with Crippen molar-refractivity contribution in [2.75, 3.05) is 6.61 Å². The maximum atomic E-state index is 5.52. The lowest BCUT2D eigenvalue weighted by Gasteiger charge is -2.04. The summed E-state index contributed by atoms with van der Waals surface area (Å²) in [5.41, 5.74) is 6.64. The molecule has 2 N–H and O–H groups in total. The first-order chi connectivity index (χ1) is 7.13. The third-order valence-corrected chi connectivity index (χ3v) is 2.34. The summed E-state index contributed by atoms with van der Waals surface area (Å²) in [6, 6.07) is 2.00. The molecule has 0 aliphatic carbocycles. The quantitative estimate of drug-likeness (QED) is 0.736. The fraction of sp³-hybridized carbons (Fsp3) is 0.667. The van der Waals surface area contributed by atoms with E-state index in [0.29, 0.717) is 19.1 Å². The third kappa shape index (κ3) is 4.06. The minimum absolute atomic E-state index is 0.456. The minimum atomic E-state index is 0.456. The molecule has 0 aliphatic heterocycles. The second-order valence-corrected chi connectivity index (χ2v) is 4.26. The second kappa shape index (κ2) is 5.93. The van der Waals surface area contributed by atoms with Gasteiger partial charge in [0, 0.05) is 6.61 Å². The van der Waals surface area contributed by atoms with E-state index in [1.54, 1.807) is 0 Å². The van der Waals surface area contributed by atoms with Gasteiger partial charge < -0.3 is 14.9 Å². The predicted octanol–water partition coefficient (Wildman–Crippen LogP) is 2.61. The highest BCUT2D eigenvalue weighted by molar-refractivity contribution is 5.19. The summed E-state index contributed by atoms with van der Waals surface area (Å²) in [5.74, 6) is 2.41. The SMILES string of the molecule is Cc1cc(COCCC(C)C)oc1CN. The second-order valence-electron chi connectivity index (χ2n) is 4.26. The van der Waals surface area contributed by atoms with E-state index in [-0.39, 0.29) is 0 Å². The fourth-order valence-electron chi connectivity index (χ4n) is 1.36. The standard InChI is InChI=1S/C12H21NO2/c1-9(2)4-5-14-8-11-6-10(3)12(7-13)15-11/h6,9H,4-5,7-8,13H2,1-3H3. The zero-order chi connectivity index (χ0) is 11.3. The average molecular weight is 211 g/mol. The summed E-state index contributed by atoms with van der Waals surface area (Å²) in [6.45, 7) is 8.17. The fourth-order valence-corrected chi connectivity index (χ4v) is 1.36. The van der Waals surface area contributed by atoms with Crippen LogP contribution in [0.4, 0.5) is 0 Å². The van der Waals surface area contributed by atoms with Gasteiger partial charge in [-0.1, -0.05) is 13.8 Å². The van der Waals surface area contributed by atoms with Gasteiger partial charge >= 0.3 is 0 Å². The summed E-state index contributed by atoms with van der Waals surface area (Å²) in [7, 11) is 0. The number of hydrogen-bond acceptors (Lipinski definition) is 3. The predicted molar refractivity (Wildman–Crippen MR) is 60.4 cm³/mol. The minimum Gasteiger partial charge on any atom is -0.462 e. The summed E-state index contributed by atoms with van der Waals surface area (Å²) in [5, 5.41) is 0. The molecule has 0 radical (unpaired) electrons. The highest BCUT2D eigenvalue weighted by Gasteiger charge is 2.05. The van der Waals surface area contributed by atoms with Crippen LogP contribution in [0.3, 0.4) is 0 Å². The van der Waals surface area contributed by atoms with Crippen LogP contribution < -0.4 is 5.73 Å². The maximum absolute atomic E-state index is 5.52. The number of aryl methyl sites for hydroxylation is 1. The van der Waals surface area contributed by atoms with Gasteiger partial charge in [-0.05, 0) is 30.9 Å². The van der Waals surface area contributed by atoms with Crippen molar-refractivity contribution >= 4 is 0 Å². The first-order valence-corrected chi connectivity index (χ1v) is 5.49. The van der Waals surface area contributed by atoms with Crippen molar-refractivity contribution in [3.8, 4) is 0 Å². The first-order valence-electron chi connectivity index (χ1n) is 5.49. The Kier molecular flexibility index (Phi) is 4.85. The molecule has 0 fully saturated rings. The molecule has 0 amide bonds. The Morgan fingerprint density at radius 3 is 2.73 bits per heavy atom. The highest BCUT2D eigenvalue weighted by Crippen LogP contribution is 2.14.